The number of aryl methyl sites for hydroxylation is 1. The average Bonchev–Trinajstić information content (AvgIpc) is 3.61. The SMILES string of the molecule is CCC(CN(C)CC)c1ccc2oc(-c3cnc(C)c4cnc(NC(=O)C5CC5)cc34)nc2c1. The number of hydrogen-bond donors (Lipinski definition) is 1. The number of anilines is 1. The van der Waals surface area contributed by atoms with Crippen molar-refractivity contribution in [3.63, 3.8) is 0 Å². The lowest BCUT2D eigenvalue weighted by molar-refractivity contribution is -0.117. The number of aromatic nitrogens is 3. The van der Waals surface area contributed by atoms with Crippen LogP contribution in [-0.2, 0) is 4.79 Å². The predicted molar refractivity (Wildman–Crippen MR) is 135 cm³/mol. The van der Waals surface area contributed by atoms with Gasteiger partial charge >= 0.3 is 0 Å². The lowest BCUT2D eigenvalue weighted by atomic mass is 9.95. The van der Waals surface area contributed by atoms with E-state index in [1.54, 1.807) is 12.4 Å². The van der Waals surface area contributed by atoms with Gasteiger partial charge in [0.2, 0.25) is 11.8 Å². The van der Waals surface area contributed by atoms with Crippen molar-refractivity contribution in [3.05, 3.63) is 47.9 Å². The molecule has 1 atom stereocenters. The number of carbonyl (C=O) groups is 1. The summed E-state index contributed by atoms with van der Waals surface area (Å²) in [6.45, 7) is 8.39. The normalized spacial score (nSPS) is 14.7. The molecule has 5 rings (SSSR count). The molecule has 3 heterocycles. The number of nitrogens with one attached hydrogen (secondary N) is 1. The summed E-state index contributed by atoms with van der Waals surface area (Å²) in [5, 5.41) is 4.77. The first kappa shape index (κ1) is 22.5. The standard InChI is InChI=1S/C27H31N5O2/c1-5-17(15-32(4)6-2)19-9-10-24-23(11-19)30-27(34-24)22-14-28-16(3)21-13-29-25(12-20(21)22)31-26(33)18-7-8-18/h9-14,17-18H,5-8,15H2,1-4H3,(H,29,31,33). The number of likely N-dealkylation sites (N-methyl/N-ethyl adjacent to an activating group) is 1. The molecule has 4 aromatic rings. The molecule has 34 heavy (non-hydrogen) atoms. The van der Waals surface area contributed by atoms with Gasteiger partial charge in [0.25, 0.3) is 0 Å². The molecule has 0 spiro atoms. The van der Waals surface area contributed by atoms with E-state index in [2.05, 4.69) is 53.2 Å². The zero-order chi connectivity index (χ0) is 23.8. The molecule has 0 radical (unpaired) electrons. The zero-order valence-electron chi connectivity index (χ0n) is 20.3. The first-order chi connectivity index (χ1) is 16.5. The molecule has 1 aliphatic carbocycles. The Morgan fingerprint density at radius 1 is 1.18 bits per heavy atom. The third-order valence-electron chi connectivity index (χ3n) is 6.85. The Bertz CT molecular complexity index is 1360. The summed E-state index contributed by atoms with van der Waals surface area (Å²) in [5.41, 5.74) is 4.53. The largest absolute Gasteiger partial charge is 0.436 e. The Labute approximate surface area is 199 Å². The molecular formula is C27H31N5O2. The monoisotopic (exact) mass is 457 g/mol. The van der Waals surface area contributed by atoms with Crippen LogP contribution in [0, 0.1) is 12.8 Å². The molecule has 176 valence electrons. The fourth-order valence-corrected chi connectivity index (χ4v) is 4.37. The lowest BCUT2D eigenvalue weighted by Crippen LogP contribution is -2.24. The van der Waals surface area contributed by atoms with Crippen molar-refractivity contribution in [1.29, 1.82) is 0 Å². The van der Waals surface area contributed by atoms with E-state index in [0.29, 0.717) is 17.6 Å². The van der Waals surface area contributed by atoms with Crippen molar-refractivity contribution in [2.75, 3.05) is 25.5 Å². The third-order valence-corrected chi connectivity index (χ3v) is 6.85. The lowest BCUT2D eigenvalue weighted by Gasteiger charge is -2.22. The highest BCUT2D eigenvalue weighted by Crippen LogP contribution is 2.34. The second-order valence-corrected chi connectivity index (χ2v) is 9.34. The number of benzene rings is 1. The molecule has 0 saturated heterocycles. The first-order valence-electron chi connectivity index (χ1n) is 12.1. The van der Waals surface area contributed by atoms with Gasteiger partial charge in [-0.2, -0.15) is 0 Å². The molecule has 0 bridgehead atoms. The number of pyridine rings is 2. The van der Waals surface area contributed by atoms with Crippen molar-refractivity contribution in [3.8, 4) is 11.5 Å². The molecule has 7 nitrogen and oxygen atoms in total. The molecule has 0 aliphatic heterocycles. The minimum atomic E-state index is 0.0350. The quantitative estimate of drug-likeness (QED) is 0.374. The van der Waals surface area contributed by atoms with E-state index < -0.39 is 0 Å². The van der Waals surface area contributed by atoms with Crippen LogP contribution >= 0.6 is 0 Å². The Morgan fingerprint density at radius 3 is 2.74 bits per heavy atom. The van der Waals surface area contributed by atoms with E-state index in [1.807, 2.05) is 19.1 Å². The van der Waals surface area contributed by atoms with Crippen LogP contribution in [0.4, 0.5) is 5.82 Å². The summed E-state index contributed by atoms with van der Waals surface area (Å²) >= 11 is 0. The van der Waals surface area contributed by atoms with Crippen LogP contribution in [0.15, 0.2) is 41.1 Å². The number of amides is 1. The van der Waals surface area contributed by atoms with Crippen molar-refractivity contribution in [1.82, 2.24) is 19.9 Å². The second kappa shape index (κ2) is 9.14. The van der Waals surface area contributed by atoms with Crippen LogP contribution in [0.2, 0.25) is 0 Å². The summed E-state index contributed by atoms with van der Waals surface area (Å²) < 4.78 is 6.17. The molecule has 1 unspecified atom stereocenters. The van der Waals surface area contributed by atoms with Gasteiger partial charge in [0.15, 0.2) is 5.58 Å². The summed E-state index contributed by atoms with van der Waals surface area (Å²) in [5.74, 6) is 1.66. The molecule has 1 amide bonds. The Morgan fingerprint density at radius 2 is 2.00 bits per heavy atom. The number of oxazole rings is 1. The summed E-state index contributed by atoms with van der Waals surface area (Å²) in [4.78, 5) is 28.4. The van der Waals surface area contributed by atoms with Gasteiger partial charge < -0.3 is 14.6 Å². The maximum Gasteiger partial charge on any atom is 0.229 e. The Hall–Kier alpha value is -3.32. The van der Waals surface area contributed by atoms with Crippen molar-refractivity contribution in [2.24, 2.45) is 5.92 Å². The van der Waals surface area contributed by atoms with E-state index in [0.717, 1.165) is 65.5 Å². The van der Waals surface area contributed by atoms with E-state index in [-0.39, 0.29) is 11.8 Å². The van der Waals surface area contributed by atoms with Crippen molar-refractivity contribution in [2.45, 2.75) is 46.0 Å². The highest BCUT2D eigenvalue weighted by Gasteiger charge is 2.30. The maximum absolute atomic E-state index is 12.3. The first-order valence-corrected chi connectivity index (χ1v) is 12.1. The third kappa shape index (κ3) is 4.40. The van der Waals surface area contributed by atoms with Gasteiger partial charge in [0, 0.05) is 41.3 Å². The van der Waals surface area contributed by atoms with Gasteiger partial charge in [-0.25, -0.2) is 9.97 Å². The Kier molecular flexibility index (Phi) is 6.04. The minimum absolute atomic E-state index is 0.0350. The van der Waals surface area contributed by atoms with Crippen molar-refractivity contribution < 1.29 is 9.21 Å². The molecular weight excluding hydrogens is 426 g/mol. The number of carbonyl (C=O) groups excluding carboxylic acids is 1. The van der Waals surface area contributed by atoms with Gasteiger partial charge in [-0.3, -0.25) is 9.78 Å². The van der Waals surface area contributed by atoms with Gasteiger partial charge in [-0.05, 0) is 69.5 Å². The van der Waals surface area contributed by atoms with Crippen LogP contribution in [-0.4, -0.2) is 45.9 Å². The highest BCUT2D eigenvalue weighted by molar-refractivity contribution is 6.00. The van der Waals surface area contributed by atoms with Crippen LogP contribution in [0.25, 0.3) is 33.3 Å². The smallest absolute Gasteiger partial charge is 0.229 e. The van der Waals surface area contributed by atoms with Crippen LogP contribution in [0.3, 0.4) is 0 Å². The van der Waals surface area contributed by atoms with Gasteiger partial charge in [-0.15, -0.1) is 0 Å². The molecule has 1 fully saturated rings. The summed E-state index contributed by atoms with van der Waals surface area (Å²) in [6.07, 6.45) is 6.52. The minimum Gasteiger partial charge on any atom is -0.436 e. The van der Waals surface area contributed by atoms with Crippen LogP contribution in [0.1, 0.15) is 50.3 Å². The van der Waals surface area contributed by atoms with E-state index >= 15 is 0 Å². The molecule has 1 aromatic carbocycles. The van der Waals surface area contributed by atoms with E-state index in [4.69, 9.17) is 9.40 Å². The Balaban J connectivity index is 1.53. The second-order valence-electron chi connectivity index (χ2n) is 9.34. The summed E-state index contributed by atoms with van der Waals surface area (Å²) in [7, 11) is 2.15. The van der Waals surface area contributed by atoms with Gasteiger partial charge in [0.1, 0.15) is 11.3 Å². The molecule has 1 aliphatic rings. The topological polar surface area (TPSA) is 84.2 Å². The summed E-state index contributed by atoms with van der Waals surface area (Å²) in [6, 6.07) is 8.21. The van der Waals surface area contributed by atoms with Gasteiger partial charge in [0.05, 0.1) is 5.56 Å². The number of fused-ring (bicyclic) bond motifs is 2. The van der Waals surface area contributed by atoms with Crippen LogP contribution < -0.4 is 5.32 Å². The highest BCUT2D eigenvalue weighted by atomic mass is 16.3. The number of hydrogen-bond acceptors (Lipinski definition) is 6. The maximum atomic E-state index is 12.3. The van der Waals surface area contributed by atoms with Crippen LogP contribution in [0.5, 0.6) is 0 Å². The number of nitrogens with zero attached hydrogens (tertiary/aromatic N) is 4. The predicted octanol–water partition coefficient (Wildman–Crippen LogP) is 5.54. The zero-order valence-corrected chi connectivity index (χ0v) is 20.3. The fourth-order valence-electron chi connectivity index (χ4n) is 4.37. The average molecular weight is 458 g/mol. The molecule has 1 saturated carbocycles. The molecule has 3 aromatic heterocycles. The van der Waals surface area contributed by atoms with E-state index in [9.17, 15) is 4.79 Å². The van der Waals surface area contributed by atoms with E-state index in [1.165, 1.54) is 5.56 Å². The van der Waals surface area contributed by atoms with Gasteiger partial charge in [-0.1, -0.05) is 19.9 Å². The number of rotatable bonds is 8. The van der Waals surface area contributed by atoms with Crippen molar-refractivity contribution >= 4 is 33.6 Å². The molecule has 7 heteroatoms. The fraction of sp³-hybridized carbons (Fsp3) is 0.407. The molecule has 1 N–H and O–H groups in total.